The van der Waals surface area contributed by atoms with Crippen molar-refractivity contribution in [1.82, 2.24) is 0 Å². The summed E-state index contributed by atoms with van der Waals surface area (Å²) in [7, 11) is 0. The van der Waals surface area contributed by atoms with Crippen molar-refractivity contribution < 1.29 is 5.11 Å². The smallest absolute Gasteiger partial charge is 0.0594 e. The predicted molar refractivity (Wildman–Crippen MR) is 135 cm³/mol. The van der Waals surface area contributed by atoms with E-state index in [1.807, 2.05) is 5.57 Å². The number of allylic oxidation sites excluding steroid dienone is 2. The number of hydrogen-bond acceptors (Lipinski definition) is 1. The van der Waals surface area contributed by atoms with E-state index in [4.69, 9.17) is 0 Å². The Balaban J connectivity index is 1.64. The molecule has 4 fully saturated rings. The van der Waals surface area contributed by atoms with E-state index in [0.717, 1.165) is 24.2 Å². The van der Waals surface area contributed by atoms with Crippen LogP contribution in [0.2, 0.25) is 0 Å². The Labute approximate surface area is 199 Å². The van der Waals surface area contributed by atoms with Crippen molar-refractivity contribution >= 4 is 0 Å². The highest BCUT2D eigenvalue weighted by Crippen LogP contribution is 2.79. The lowest BCUT2D eigenvalue weighted by molar-refractivity contribution is -0.249. The highest BCUT2D eigenvalue weighted by Gasteiger charge is 2.72. The van der Waals surface area contributed by atoms with Crippen LogP contribution in [0.1, 0.15) is 120 Å². The van der Waals surface area contributed by atoms with Gasteiger partial charge in [-0.1, -0.05) is 74.0 Å². The van der Waals surface area contributed by atoms with Gasteiger partial charge in [0.15, 0.2) is 0 Å². The van der Waals surface area contributed by atoms with Crippen molar-refractivity contribution in [3.05, 3.63) is 11.6 Å². The minimum Gasteiger partial charge on any atom is -0.393 e. The second-order valence-corrected chi connectivity index (χ2v) is 15.3. The summed E-state index contributed by atoms with van der Waals surface area (Å²) in [4.78, 5) is 0. The molecule has 10 unspecified atom stereocenters. The zero-order valence-corrected chi connectivity index (χ0v) is 22.8. The molecule has 0 aromatic rings. The quantitative estimate of drug-likeness (QED) is 0.375. The molecule has 1 heteroatoms. The fraction of sp³-hybridized carbons (Fsp3) is 0.935. The third-order valence-electron chi connectivity index (χ3n) is 14.3. The average molecular weight is 441 g/mol. The van der Waals surface area contributed by atoms with E-state index in [2.05, 4.69) is 68.4 Å². The Bertz CT molecular complexity index is 824. The lowest BCUT2D eigenvalue weighted by Crippen LogP contribution is -2.69. The van der Waals surface area contributed by atoms with Crippen LogP contribution in [0.4, 0.5) is 0 Å². The van der Waals surface area contributed by atoms with Crippen LogP contribution in [0.25, 0.3) is 0 Å². The molecule has 0 aliphatic heterocycles. The summed E-state index contributed by atoms with van der Waals surface area (Å²) in [6.45, 7) is 23.2. The number of hydrogen-bond donors (Lipinski definition) is 1. The van der Waals surface area contributed by atoms with E-state index in [9.17, 15) is 5.11 Å². The third-order valence-corrected chi connectivity index (χ3v) is 14.3. The Morgan fingerprint density at radius 1 is 0.781 bits per heavy atom. The zero-order chi connectivity index (χ0) is 23.5. The minimum absolute atomic E-state index is 0.0285. The third kappa shape index (κ3) is 2.46. The molecule has 5 aliphatic rings. The lowest BCUT2D eigenvalue weighted by atomic mass is 9.29. The molecule has 5 rings (SSSR count). The summed E-state index contributed by atoms with van der Waals surface area (Å²) in [5, 5.41) is 11.0. The molecule has 10 atom stereocenters. The van der Waals surface area contributed by atoms with Gasteiger partial charge in [0.1, 0.15) is 0 Å². The van der Waals surface area contributed by atoms with Crippen LogP contribution < -0.4 is 0 Å². The molecule has 0 aromatic carbocycles. The van der Waals surface area contributed by atoms with E-state index in [0.29, 0.717) is 33.0 Å². The molecule has 4 saturated carbocycles. The van der Waals surface area contributed by atoms with Crippen LogP contribution in [0.5, 0.6) is 0 Å². The lowest BCUT2D eigenvalue weighted by Gasteiger charge is -2.75. The minimum atomic E-state index is -0.140. The first kappa shape index (κ1) is 23.4. The fourth-order valence-corrected chi connectivity index (χ4v) is 11.2. The molecule has 0 radical (unpaired) electrons. The first-order chi connectivity index (χ1) is 14.7. The molecule has 1 N–H and O–H groups in total. The molecule has 5 aliphatic carbocycles. The largest absolute Gasteiger partial charge is 0.393 e. The average Bonchev–Trinajstić information content (AvgIpc) is 2.72. The van der Waals surface area contributed by atoms with Gasteiger partial charge >= 0.3 is 0 Å². The molecular weight excluding hydrogens is 388 g/mol. The van der Waals surface area contributed by atoms with Crippen molar-refractivity contribution in [3.8, 4) is 0 Å². The molecule has 0 amide bonds. The molecule has 0 heterocycles. The summed E-state index contributed by atoms with van der Waals surface area (Å²) in [6.07, 6.45) is 14.4. The van der Waals surface area contributed by atoms with E-state index >= 15 is 0 Å². The first-order valence-electron chi connectivity index (χ1n) is 14.1. The van der Waals surface area contributed by atoms with Gasteiger partial charge < -0.3 is 5.11 Å². The molecule has 0 aromatic heterocycles. The van der Waals surface area contributed by atoms with Gasteiger partial charge in [-0.2, -0.15) is 0 Å². The van der Waals surface area contributed by atoms with E-state index in [-0.39, 0.29) is 11.5 Å². The molecule has 182 valence electrons. The van der Waals surface area contributed by atoms with Gasteiger partial charge in [-0.3, -0.25) is 0 Å². The normalized spacial score (nSPS) is 59.2. The molecule has 0 saturated heterocycles. The van der Waals surface area contributed by atoms with Gasteiger partial charge in [-0.15, -0.1) is 0 Å². The maximum atomic E-state index is 11.0. The van der Waals surface area contributed by atoms with Crippen LogP contribution in [0, 0.1) is 56.2 Å². The zero-order valence-electron chi connectivity index (χ0n) is 22.8. The van der Waals surface area contributed by atoms with Gasteiger partial charge in [0, 0.05) is 0 Å². The fourth-order valence-electron chi connectivity index (χ4n) is 11.2. The van der Waals surface area contributed by atoms with Crippen molar-refractivity contribution in [2.75, 3.05) is 0 Å². The standard InChI is InChI=1S/C31H52O/c1-20-10-14-27(5)18-19-28(6)22(25(27)21(20)2)11-16-31(9)29(7)15-13-24(32)26(3,4)23(29)12-17-30(28,31)8/h11,20-21,23-25,32H,10,12-19H2,1-9H3. The van der Waals surface area contributed by atoms with Crippen LogP contribution in [-0.4, -0.2) is 11.2 Å². The summed E-state index contributed by atoms with van der Waals surface area (Å²) >= 11 is 0. The molecule has 1 nitrogen and oxygen atoms in total. The highest BCUT2D eigenvalue weighted by molar-refractivity contribution is 5.36. The van der Waals surface area contributed by atoms with Crippen molar-refractivity contribution in [3.63, 3.8) is 0 Å². The van der Waals surface area contributed by atoms with Crippen molar-refractivity contribution in [1.29, 1.82) is 0 Å². The van der Waals surface area contributed by atoms with Crippen molar-refractivity contribution in [2.24, 2.45) is 56.2 Å². The van der Waals surface area contributed by atoms with Gasteiger partial charge in [0.2, 0.25) is 0 Å². The Morgan fingerprint density at radius 2 is 1.47 bits per heavy atom. The first-order valence-corrected chi connectivity index (χ1v) is 14.1. The monoisotopic (exact) mass is 440 g/mol. The highest BCUT2D eigenvalue weighted by atomic mass is 16.3. The SMILES string of the molecule is CC1CCC2(C)CCC3(C)C(=CCC4(C)C5(C)CCC(O)C(C)(C)C5CCC34C)C2C1C. The van der Waals surface area contributed by atoms with Gasteiger partial charge in [-0.05, 0) is 114 Å². The van der Waals surface area contributed by atoms with Gasteiger partial charge in [0.05, 0.1) is 6.10 Å². The van der Waals surface area contributed by atoms with Crippen LogP contribution in [0.3, 0.4) is 0 Å². The Kier molecular flexibility index (Phi) is 4.89. The molecular formula is C31H52O. The molecule has 0 spiro atoms. The second kappa shape index (κ2) is 6.67. The maximum Gasteiger partial charge on any atom is 0.0594 e. The van der Waals surface area contributed by atoms with E-state index in [1.54, 1.807) is 0 Å². The summed E-state index contributed by atoms with van der Waals surface area (Å²) in [5.74, 6) is 3.06. The summed E-state index contributed by atoms with van der Waals surface area (Å²) in [5.41, 5.74) is 3.69. The van der Waals surface area contributed by atoms with Crippen LogP contribution in [-0.2, 0) is 0 Å². The maximum absolute atomic E-state index is 11.0. The summed E-state index contributed by atoms with van der Waals surface area (Å²) in [6, 6.07) is 0. The van der Waals surface area contributed by atoms with Gasteiger partial charge in [-0.25, -0.2) is 0 Å². The van der Waals surface area contributed by atoms with Crippen molar-refractivity contribution in [2.45, 2.75) is 126 Å². The van der Waals surface area contributed by atoms with Crippen LogP contribution in [0.15, 0.2) is 11.6 Å². The van der Waals surface area contributed by atoms with Gasteiger partial charge in [0.25, 0.3) is 0 Å². The van der Waals surface area contributed by atoms with E-state index < -0.39 is 0 Å². The van der Waals surface area contributed by atoms with Crippen LogP contribution >= 0.6 is 0 Å². The Morgan fingerprint density at radius 3 is 2.16 bits per heavy atom. The molecule has 0 bridgehead atoms. The second-order valence-electron chi connectivity index (χ2n) is 15.3. The number of rotatable bonds is 0. The number of aliphatic hydroxyl groups excluding tert-OH is 1. The number of aliphatic hydroxyl groups is 1. The number of fused-ring (bicyclic) bond motifs is 7. The Hall–Kier alpha value is -0.300. The predicted octanol–water partition coefficient (Wildman–Crippen LogP) is 8.41. The topological polar surface area (TPSA) is 20.2 Å². The van der Waals surface area contributed by atoms with E-state index in [1.165, 1.54) is 51.4 Å². The summed E-state index contributed by atoms with van der Waals surface area (Å²) < 4.78 is 0. The molecule has 32 heavy (non-hydrogen) atoms.